The normalized spacial score (nSPS) is 11.5. The molecule has 0 aliphatic carbocycles. The van der Waals surface area contributed by atoms with Crippen LogP contribution in [0.15, 0.2) is 54.6 Å². The molecule has 0 bridgehead atoms. The Kier molecular flexibility index (Phi) is 7.61. The van der Waals surface area contributed by atoms with Gasteiger partial charge in [-0.15, -0.1) is 0 Å². The summed E-state index contributed by atoms with van der Waals surface area (Å²) in [6.07, 6.45) is 1.70. The highest BCUT2D eigenvalue weighted by molar-refractivity contribution is 5.81. The maximum atomic E-state index is 12.8. The summed E-state index contributed by atoms with van der Waals surface area (Å²) < 4.78 is 22.9. The highest BCUT2D eigenvalue weighted by Crippen LogP contribution is 2.17. The monoisotopic (exact) mass is 359 g/mol. The fourth-order valence-corrected chi connectivity index (χ4v) is 2.39. The second-order valence-corrected chi connectivity index (χ2v) is 5.72. The smallest absolute Gasteiger partial charge is 0.344 e. The molecule has 0 saturated carbocycles. The lowest BCUT2D eigenvalue weighted by molar-refractivity contribution is -0.150. The van der Waals surface area contributed by atoms with Crippen LogP contribution in [-0.4, -0.2) is 25.1 Å². The van der Waals surface area contributed by atoms with Gasteiger partial charge in [-0.1, -0.05) is 43.7 Å². The summed E-state index contributed by atoms with van der Waals surface area (Å²) in [5.74, 6) is -1.09. The predicted molar refractivity (Wildman–Crippen MR) is 95.1 cm³/mol. The van der Waals surface area contributed by atoms with E-state index < -0.39 is 11.8 Å². The molecule has 0 unspecified atom stereocenters. The Morgan fingerprint density at radius 2 is 1.73 bits per heavy atom. The molecule has 6 heteroatoms. The topological polar surface area (TPSA) is 64.6 Å². The van der Waals surface area contributed by atoms with Crippen molar-refractivity contribution in [1.82, 2.24) is 5.32 Å². The second kappa shape index (κ2) is 10.2. The van der Waals surface area contributed by atoms with Gasteiger partial charge < -0.3 is 14.8 Å². The molecular weight excluding hydrogens is 337 g/mol. The average molecular weight is 359 g/mol. The lowest BCUT2D eigenvalue weighted by atomic mass is 10.0. The first-order valence-electron chi connectivity index (χ1n) is 8.46. The number of benzene rings is 2. The highest BCUT2D eigenvalue weighted by Gasteiger charge is 2.15. The minimum absolute atomic E-state index is 0.122. The molecule has 1 amide bonds. The SMILES string of the molecule is CCC[C@@H](NC(=O)COC(=O)COc1ccc(F)cc1)c1ccccc1. The molecular formula is C20H22FNO4. The van der Waals surface area contributed by atoms with Gasteiger partial charge in [0.2, 0.25) is 0 Å². The summed E-state index contributed by atoms with van der Waals surface area (Å²) in [5, 5.41) is 2.87. The van der Waals surface area contributed by atoms with Crippen molar-refractivity contribution in [3.63, 3.8) is 0 Å². The molecule has 0 heterocycles. The number of carbonyl (C=O) groups excluding carboxylic acids is 2. The zero-order valence-electron chi connectivity index (χ0n) is 14.6. The van der Waals surface area contributed by atoms with E-state index in [-0.39, 0.29) is 25.2 Å². The van der Waals surface area contributed by atoms with E-state index in [9.17, 15) is 14.0 Å². The fourth-order valence-electron chi connectivity index (χ4n) is 2.39. The highest BCUT2D eigenvalue weighted by atomic mass is 19.1. The van der Waals surface area contributed by atoms with E-state index in [0.29, 0.717) is 5.75 Å². The largest absolute Gasteiger partial charge is 0.482 e. The number of hydrogen-bond acceptors (Lipinski definition) is 4. The summed E-state index contributed by atoms with van der Waals surface area (Å²) >= 11 is 0. The Balaban J connectivity index is 1.75. The molecule has 26 heavy (non-hydrogen) atoms. The van der Waals surface area contributed by atoms with Crippen LogP contribution in [0.2, 0.25) is 0 Å². The van der Waals surface area contributed by atoms with Crippen LogP contribution in [0, 0.1) is 5.82 Å². The average Bonchev–Trinajstić information content (AvgIpc) is 2.66. The Hall–Kier alpha value is -2.89. The molecule has 5 nitrogen and oxygen atoms in total. The molecule has 0 aliphatic rings. The maximum Gasteiger partial charge on any atom is 0.344 e. The van der Waals surface area contributed by atoms with E-state index in [1.165, 1.54) is 24.3 Å². The van der Waals surface area contributed by atoms with Crippen molar-refractivity contribution in [1.29, 1.82) is 0 Å². The molecule has 1 N–H and O–H groups in total. The first kappa shape index (κ1) is 19.4. The Labute approximate surface area is 152 Å². The van der Waals surface area contributed by atoms with E-state index in [2.05, 4.69) is 5.32 Å². The number of carbonyl (C=O) groups is 2. The summed E-state index contributed by atoms with van der Waals surface area (Å²) in [4.78, 5) is 23.7. The van der Waals surface area contributed by atoms with E-state index in [1.807, 2.05) is 37.3 Å². The van der Waals surface area contributed by atoms with Gasteiger partial charge in [0.1, 0.15) is 11.6 Å². The second-order valence-electron chi connectivity index (χ2n) is 5.72. The molecule has 2 aromatic rings. The predicted octanol–water partition coefficient (Wildman–Crippen LogP) is 3.41. The zero-order chi connectivity index (χ0) is 18.8. The number of hydrogen-bond donors (Lipinski definition) is 1. The molecule has 1 atom stereocenters. The van der Waals surface area contributed by atoms with Gasteiger partial charge in [0.15, 0.2) is 13.2 Å². The molecule has 0 saturated heterocycles. The van der Waals surface area contributed by atoms with E-state index in [4.69, 9.17) is 9.47 Å². The number of nitrogens with one attached hydrogen (secondary N) is 1. The van der Waals surface area contributed by atoms with Crippen LogP contribution in [0.4, 0.5) is 4.39 Å². The van der Waals surface area contributed by atoms with Crippen molar-refractivity contribution in [2.45, 2.75) is 25.8 Å². The van der Waals surface area contributed by atoms with Gasteiger partial charge in [-0.3, -0.25) is 4.79 Å². The van der Waals surface area contributed by atoms with Gasteiger partial charge in [-0.2, -0.15) is 0 Å². The van der Waals surface area contributed by atoms with E-state index >= 15 is 0 Å². The molecule has 2 rings (SSSR count). The van der Waals surface area contributed by atoms with Gasteiger partial charge in [0, 0.05) is 0 Å². The molecule has 0 spiro atoms. The number of esters is 1. The van der Waals surface area contributed by atoms with Gasteiger partial charge in [0.25, 0.3) is 5.91 Å². The minimum atomic E-state index is -0.670. The van der Waals surface area contributed by atoms with Crippen molar-refractivity contribution >= 4 is 11.9 Å². The summed E-state index contributed by atoms with van der Waals surface area (Å²) in [5.41, 5.74) is 1.01. The molecule has 0 aliphatic heterocycles. The van der Waals surface area contributed by atoms with Crippen LogP contribution in [0.5, 0.6) is 5.75 Å². The van der Waals surface area contributed by atoms with Gasteiger partial charge in [-0.05, 0) is 36.2 Å². The zero-order valence-corrected chi connectivity index (χ0v) is 14.6. The first-order chi connectivity index (χ1) is 12.6. The van der Waals surface area contributed by atoms with Crippen LogP contribution in [0.25, 0.3) is 0 Å². The lowest BCUT2D eigenvalue weighted by Gasteiger charge is -2.18. The van der Waals surface area contributed by atoms with Crippen LogP contribution in [-0.2, 0) is 14.3 Å². The molecule has 0 radical (unpaired) electrons. The summed E-state index contributed by atoms with van der Waals surface area (Å²) in [6, 6.07) is 14.8. The van der Waals surface area contributed by atoms with Crippen molar-refractivity contribution in [2.75, 3.05) is 13.2 Å². The first-order valence-corrected chi connectivity index (χ1v) is 8.46. The van der Waals surface area contributed by atoms with Gasteiger partial charge in [-0.25, -0.2) is 9.18 Å². The van der Waals surface area contributed by atoms with Crippen molar-refractivity contribution in [2.24, 2.45) is 0 Å². The lowest BCUT2D eigenvalue weighted by Crippen LogP contribution is -2.33. The third-order valence-electron chi connectivity index (χ3n) is 3.65. The molecule has 138 valence electrons. The summed E-state index contributed by atoms with van der Waals surface area (Å²) in [6.45, 7) is 1.31. The number of rotatable bonds is 9. The van der Waals surface area contributed by atoms with Crippen molar-refractivity contribution in [3.8, 4) is 5.75 Å². The fraction of sp³-hybridized carbons (Fsp3) is 0.300. The standard InChI is InChI=1S/C20H22FNO4/c1-2-6-18(15-7-4-3-5-8-15)22-19(23)13-26-20(24)14-25-17-11-9-16(21)10-12-17/h3-5,7-12,18H,2,6,13-14H2,1H3,(H,22,23)/t18-/m1/s1. The minimum Gasteiger partial charge on any atom is -0.482 e. The third kappa shape index (κ3) is 6.55. The van der Waals surface area contributed by atoms with Crippen molar-refractivity contribution in [3.05, 3.63) is 66.0 Å². The van der Waals surface area contributed by atoms with Gasteiger partial charge in [0.05, 0.1) is 6.04 Å². The Morgan fingerprint density at radius 3 is 2.38 bits per heavy atom. The Morgan fingerprint density at radius 1 is 1.04 bits per heavy atom. The number of amides is 1. The molecule has 0 fully saturated rings. The van der Waals surface area contributed by atoms with E-state index in [0.717, 1.165) is 18.4 Å². The van der Waals surface area contributed by atoms with Crippen LogP contribution in [0.1, 0.15) is 31.4 Å². The quantitative estimate of drug-likeness (QED) is 0.697. The molecule has 0 aromatic heterocycles. The van der Waals surface area contributed by atoms with Gasteiger partial charge >= 0.3 is 5.97 Å². The third-order valence-corrected chi connectivity index (χ3v) is 3.65. The number of halogens is 1. The molecule has 2 aromatic carbocycles. The summed E-state index contributed by atoms with van der Waals surface area (Å²) in [7, 11) is 0. The van der Waals surface area contributed by atoms with Crippen LogP contribution < -0.4 is 10.1 Å². The number of ether oxygens (including phenoxy) is 2. The maximum absolute atomic E-state index is 12.8. The van der Waals surface area contributed by atoms with Crippen LogP contribution in [0.3, 0.4) is 0 Å². The van der Waals surface area contributed by atoms with E-state index in [1.54, 1.807) is 0 Å². The Bertz CT molecular complexity index is 704. The van der Waals surface area contributed by atoms with Crippen LogP contribution >= 0.6 is 0 Å². The van der Waals surface area contributed by atoms with Crippen molar-refractivity contribution < 1.29 is 23.5 Å².